The number of hydrogen-bond acceptors (Lipinski definition) is 4. The van der Waals surface area contributed by atoms with E-state index in [0.29, 0.717) is 3.71 Å². The van der Waals surface area contributed by atoms with E-state index < -0.39 is 18.3 Å². The minimum Gasteiger partial charge on any atom is -0.481 e. The van der Waals surface area contributed by atoms with Crippen molar-refractivity contribution in [2.45, 2.75) is 6.42 Å². The summed E-state index contributed by atoms with van der Waals surface area (Å²) < 4.78 is 0.633. The van der Waals surface area contributed by atoms with E-state index in [1.54, 1.807) is 0 Å². The Morgan fingerprint density at radius 1 is 1.44 bits per heavy atom. The summed E-state index contributed by atoms with van der Waals surface area (Å²) in [7, 11) is 0. The van der Waals surface area contributed by atoms with Crippen LogP contribution in [0.3, 0.4) is 0 Å². The summed E-state index contributed by atoms with van der Waals surface area (Å²) in [5, 5.41) is 8.02. The van der Waals surface area contributed by atoms with Crippen molar-refractivity contribution in [2.24, 2.45) is 0 Å². The van der Waals surface area contributed by atoms with Gasteiger partial charge in [0.25, 0.3) is 5.91 Å². The smallest absolute Gasteiger partial charge is 0.312 e. The molecule has 0 aliphatic carbocycles. The van der Waals surface area contributed by atoms with E-state index in [1.165, 1.54) is 0 Å². The zero-order chi connectivity index (χ0) is 7.44. The molecule has 0 saturated heterocycles. The molecule has 0 rings (SSSR count). The van der Waals surface area contributed by atoms with Crippen LogP contribution < -0.4 is 0 Å². The van der Waals surface area contributed by atoms with Gasteiger partial charge in [0.15, 0.2) is 0 Å². The maximum absolute atomic E-state index is 10.3. The lowest BCUT2D eigenvalue weighted by atomic mass is 10.4. The second-order valence-corrected chi connectivity index (χ2v) is 2.37. The molecule has 0 aliphatic heterocycles. The van der Waals surface area contributed by atoms with Crippen molar-refractivity contribution >= 4 is 37.5 Å². The standard InChI is InChI=1S/C3H5NO3S2/c5-2(4(8)9)1-3(6)7/h8-9H,1H2,(H,6,7). The monoisotopic (exact) mass is 167 g/mol. The molecule has 6 heteroatoms. The highest BCUT2D eigenvalue weighted by Gasteiger charge is 2.09. The first-order valence-corrected chi connectivity index (χ1v) is 2.76. The van der Waals surface area contributed by atoms with Crippen LogP contribution in [0.25, 0.3) is 0 Å². The SMILES string of the molecule is O=C(O)CC(=O)N(S)S. The molecule has 0 bridgehead atoms. The van der Waals surface area contributed by atoms with Crippen LogP contribution in [0.15, 0.2) is 0 Å². The number of nitrogens with zero attached hydrogens (tertiary/aromatic N) is 1. The Morgan fingerprint density at radius 3 is 2.00 bits per heavy atom. The first-order valence-electron chi connectivity index (χ1n) is 1.96. The van der Waals surface area contributed by atoms with Crippen molar-refractivity contribution in [3.63, 3.8) is 0 Å². The van der Waals surface area contributed by atoms with Gasteiger partial charge in [-0.05, 0) is 0 Å². The molecule has 0 spiro atoms. The molecule has 0 radical (unpaired) electrons. The van der Waals surface area contributed by atoms with E-state index in [4.69, 9.17) is 5.11 Å². The normalized spacial score (nSPS) is 8.67. The van der Waals surface area contributed by atoms with Gasteiger partial charge in [0, 0.05) is 0 Å². The third kappa shape index (κ3) is 4.16. The van der Waals surface area contributed by atoms with Crippen LogP contribution in [0, 0.1) is 0 Å². The first kappa shape index (κ1) is 8.64. The van der Waals surface area contributed by atoms with Crippen LogP contribution in [-0.2, 0) is 9.59 Å². The minimum atomic E-state index is -1.19. The van der Waals surface area contributed by atoms with Gasteiger partial charge in [-0.1, -0.05) is 25.6 Å². The minimum absolute atomic E-state index is 0.576. The van der Waals surface area contributed by atoms with Crippen LogP contribution in [-0.4, -0.2) is 20.7 Å². The molecule has 1 amide bonds. The van der Waals surface area contributed by atoms with Crippen molar-refractivity contribution in [1.29, 1.82) is 0 Å². The summed E-state index contributed by atoms with van der Waals surface area (Å²) in [4.78, 5) is 20.1. The first-order chi connectivity index (χ1) is 4.04. The Morgan fingerprint density at radius 2 is 1.89 bits per heavy atom. The van der Waals surface area contributed by atoms with E-state index in [0.717, 1.165) is 0 Å². The van der Waals surface area contributed by atoms with Gasteiger partial charge in [-0.2, -0.15) is 0 Å². The number of carbonyl (C=O) groups is 2. The Balaban J connectivity index is 3.64. The largest absolute Gasteiger partial charge is 0.481 e. The Kier molecular flexibility index (Phi) is 3.48. The molecule has 0 aliphatic rings. The second-order valence-electron chi connectivity index (χ2n) is 1.25. The van der Waals surface area contributed by atoms with Crippen LogP contribution in [0.1, 0.15) is 6.42 Å². The topological polar surface area (TPSA) is 57.6 Å². The molecule has 0 saturated carbocycles. The van der Waals surface area contributed by atoms with Crippen LogP contribution in [0.4, 0.5) is 0 Å². The molecule has 1 N–H and O–H groups in total. The molecule has 4 nitrogen and oxygen atoms in total. The van der Waals surface area contributed by atoms with E-state index in [2.05, 4.69) is 25.6 Å². The number of amides is 1. The lowest BCUT2D eigenvalue weighted by Gasteiger charge is -2.02. The Bertz CT molecular complexity index is 135. The van der Waals surface area contributed by atoms with Gasteiger partial charge < -0.3 is 5.11 Å². The summed E-state index contributed by atoms with van der Waals surface area (Å²) in [6, 6.07) is 0. The molecule has 0 fully saturated rings. The molecule has 9 heavy (non-hydrogen) atoms. The molecule has 52 valence electrons. The lowest BCUT2D eigenvalue weighted by Crippen LogP contribution is -2.15. The Hall–Kier alpha value is -0.360. The number of carboxylic acids is 1. The van der Waals surface area contributed by atoms with E-state index >= 15 is 0 Å². The fourth-order valence-corrected chi connectivity index (χ4v) is 0.341. The van der Waals surface area contributed by atoms with Crippen LogP contribution in [0.2, 0.25) is 0 Å². The van der Waals surface area contributed by atoms with E-state index in [-0.39, 0.29) is 0 Å². The summed E-state index contributed by atoms with van der Waals surface area (Å²) in [5.41, 5.74) is 0. The number of rotatable bonds is 2. The third-order valence-electron chi connectivity index (χ3n) is 0.526. The van der Waals surface area contributed by atoms with Gasteiger partial charge in [0.1, 0.15) is 6.42 Å². The van der Waals surface area contributed by atoms with Crippen molar-refractivity contribution in [1.82, 2.24) is 3.71 Å². The van der Waals surface area contributed by atoms with E-state index in [9.17, 15) is 9.59 Å². The van der Waals surface area contributed by atoms with Gasteiger partial charge in [-0.15, -0.1) is 0 Å². The zero-order valence-electron chi connectivity index (χ0n) is 4.31. The van der Waals surface area contributed by atoms with Crippen LogP contribution in [0.5, 0.6) is 0 Å². The van der Waals surface area contributed by atoms with E-state index in [1.807, 2.05) is 0 Å². The van der Waals surface area contributed by atoms with Crippen LogP contribution >= 0.6 is 25.6 Å². The van der Waals surface area contributed by atoms with Gasteiger partial charge in [-0.25, -0.2) is 3.71 Å². The number of aliphatic carboxylic acids is 1. The van der Waals surface area contributed by atoms with Gasteiger partial charge in [0.05, 0.1) is 0 Å². The zero-order valence-corrected chi connectivity index (χ0v) is 6.10. The molecular formula is C3H5NO3S2. The predicted molar refractivity (Wildman–Crippen MR) is 37.1 cm³/mol. The summed E-state index contributed by atoms with van der Waals surface area (Å²) >= 11 is 6.90. The van der Waals surface area contributed by atoms with Crippen molar-refractivity contribution < 1.29 is 14.7 Å². The van der Waals surface area contributed by atoms with Crippen molar-refractivity contribution in [3.05, 3.63) is 0 Å². The lowest BCUT2D eigenvalue weighted by molar-refractivity contribution is -0.141. The van der Waals surface area contributed by atoms with Gasteiger partial charge >= 0.3 is 5.97 Å². The number of hydrogen-bond donors (Lipinski definition) is 3. The van der Waals surface area contributed by atoms with Gasteiger partial charge in [0.2, 0.25) is 0 Å². The number of carboxylic acid groups (broad SMARTS) is 1. The highest BCUT2D eigenvalue weighted by atomic mass is 32.2. The molecular weight excluding hydrogens is 162 g/mol. The number of carbonyl (C=O) groups excluding carboxylic acids is 1. The molecule has 0 aromatic carbocycles. The summed E-state index contributed by atoms with van der Waals surface area (Å²) in [6.07, 6.45) is -0.576. The molecule has 0 heterocycles. The predicted octanol–water partition coefficient (Wildman–Crippen LogP) is -0.0207. The molecule has 0 aromatic rings. The summed E-state index contributed by atoms with van der Waals surface area (Å²) in [6.45, 7) is 0. The number of thiol groups is 2. The highest BCUT2D eigenvalue weighted by molar-refractivity contribution is 7.94. The molecule has 0 aromatic heterocycles. The van der Waals surface area contributed by atoms with Crippen molar-refractivity contribution in [2.75, 3.05) is 0 Å². The quantitative estimate of drug-likeness (QED) is 0.400. The fourth-order valence-electron chi connectivity index (χ4n) is 0.200. The fraction of sp³-hybridized carbons (Fsp3) is 0.333. The third-order valence-corrected chi connectivity index (χ3v) is 0.972. The molecule has 0 unspecified atom stereocenters. The molecule has 0 atom stereocenters. The summed E-state index contributed by atoms with van der Waals surface area (Å²) in [5.74, 6) is -1.85. The van der Waals surface area contributed by atoms with Crippen molar-refractivity contribution in [3.8, 4) is 0 Å². The van der Waals surface area contributed by atoms with Gasteiger partial charge in [-0.3, -0.25) is 9.59 Å². The second kappa shape index (κ2) is 3.62. The maximum Gasteiger partial charge on any atom is 0.312 e. The Labute approximate surface area is 62.9 Å². The average Bonchev–Trinajstić information content (AvgIpc) is 1.63. The highest BCUT2D eigenvalue weighted by Crippen LogP contribution is 2.00. The maximum atomic E-state index is 10.3. The average molecular weight is 167 g/mol.